The van der Waals surface area contributed by atoms with E-state index in [1.807, 2.05) is 66.9 Å². The fourth-order valence-corrected chi connectivity index (χ4v) is 6.42. The molecule has 9 heteroatoms. The van der Waals surface area contributed by atoms with Gasteiger partial charge in [0.25, 0.3) is 5.91 Å². The summed E-state index contributed by atoms with van der Waals surface area (Å²) in [6, 6.07) is 21.0. The predicted molar refractivity (Wildman–Crippen MR) is 158 cm³/mol. The van der Waals surface area contributed by atoms with Gasteiger partial charge in [-0.15, -0.1) is 0 Å². The molecule has 6 rings (SSSR count). The first-order chi connectivity index (χ1) is 19.5. The Balaban J connectivity index is 1.29. The minimum atomic E-state index is -0.752. The van der Waals surface area contributed by atoms with Crippen molar-refractivity contribution in [2.45, 2.75) is 37.5 Å². The third kappa shape index (κ3) is 4.75. The summed E-state index contributed by atoms with van der Waals surface area (Å²) in [6.07, 6.45) is 2.81. The number of para-hydroxylation sites is 1. The second kappa shape index (κ2) is 11.0. The van der Waals surface area contributed by atoms with Gasteiger partial charge in [0.2, 0.25) is 11.8 Å². The Kier molecular flexibility index (Phi) is 7.29. The smallest absolute Gasteiger partial charge is 0.255 e. The Labute approximate surface area is 241 Å². The molecule has 3 amide bonds. The number of benzene rings is 3. The molecule has 3 heterocycles. The van der Waals surface area contributed by atoms with Crippen molar-refractivity contribution < 1.29 is 14.4 Å². The predicted octanol–water partition coefficient (Wildman–Crippen LogP) is 4.85. The second-order valence-corrected chi connectivity index (χ2v) is 11.6. The standard InChI is InChI=1S/C31H29ClN4O3S/c1-40-15-14-25(29(37)33-17-18-10-12-19(32)13-11-18)35-30(38)26-16-23-20-6-4-5-9-24(20)34-27(23)28-21-7-2-3-8-22(21)31(39)36(26)28/h2-13,25-26,28,34H,14-17H2,1H3,(H,33,37)(H,35,38)/t25-,26-,28+/m0/s1. The van der Waals surface area contributed by atoms with Crippen molar-refractivity contribution in [2.75, 3.05) is 12.0 Å². The summed E-state index contributed by atoms with van der Waals surface area (Å²) in [5.74, 6) is -0.0472. The molecule has 0 unspecified atom stereocenters. The summed E-state index contributed by atoms with van der Waals surface area (Å²) in [4.78, 5) is 46.1. The van der Waals surface area contributed by atoms with Crippen molar-refractivity contribution in [1.82, 2.24) is 20.5 Å². The first-order valence-corrected chi connectivity index (χ1v) is 15.1. The lowest BCUT2D eigenvalue weighted by Gasteiger charge is -2.37. The zero-order valence-electron chi connectivity index (χ0n) is 21.9. The number of carbonyl (C=O) groups is 3. The molecule has 3 atom stereocenters. The second-order valence-electron chi connectivity index (χ2n) is 10.2. The van der Waals surface area contributed by atoms with E-state index in [2.05, 4.69) is 15.6 Å². The van der Waals surface area contributed by atoms with E-state index >= 15 is 0 Å². The molecule has 3 N–H and O–H groups in total. The topological polar surface area (TPSA) is 94.3 Å². The van der Waals surface area contributed by atoms with Crippen LogP contribution in [0.1, 0.15) is 45.2 Å². The van der Waals surface area contributed by atoms with Crippen LogP contribution in [0.25, 0.3) is 10.9 Å². The molecular formula is C31H29ClN4O3S. The van der Waals surface area contributed by atoms with E-state index in [9.17, 15) is 14.4 Å². The van der Waals surface area contributed by atoms with Crippen molar-refractivity contribution in [1.29, 1.82) is 0 Å². The Morgan fingerprint density at radius 2 is 1.82 bits per heavy atom. The fraction of sp³-hybridized carbons (Fsp3) is 0.258. The van der Waals surface area contributed by atoms with E-state index in [1.54, 1.807) is 28.8 Å². The quantitative estimate of drug-likeness (QED) is 0.281. The molecule has 1 aromatic heterocycles. The number of fused-ring (bicyclic) bond motifs is 7. The van der Waals surface area contributed by atoms with Crippen molar-refractivity contribution in [2.24, 2.45) is 0 Å². The maximum Gasteiger partial charge on any atom is 0.255 e. The van der Waals surface area contributed by atoms with Crippen molar-refractivity contribution >= 4 is 52.0 Å². The molecule has 0 saturated heterocycles. The van der Waals surface area contributed by atoms with Gasteiger partial charge >= 0.3 is 0 Å². The highest BCUT2D eigenvalue weighted by Gasteiger charge is 2.49. The molecular weight excluding hydrogens is 544 g/mol. The first kappa shape index (κ1) is 26.5. The number of thioether (sulfide) groups is 1. The zero-order valence-corrected chi connectivity index (χ0v) is 23.5. The van der Waals surface area contributed by atoms with Crippen molar-refractivity contribution in [3.8, 4) is 0 Å². The van der Waals surface area contributed by atoms with E-state index in [-0.39, 0.29) is 23.8 Å². The molecule has 0 bridgehead atoms. The Hall–Kier alpha value is -3.75. The van der Waals surface area contributed by atoms with Crippen molar-refractivity contribution in [3.05, 3.63) is 106 Å². The highest BCUT2D eigenvalue weighted by molar-refractivity contribution is 7.98. The van der Waals surface area contributed by atoms with Crippen LogP contribution in [0.4, 0.5) is 0 Å². The number of aromatic amines is 1. The van der Waals surface area contributed by atoms with E-state index < -0.39 is 12.1 Å². The number of carbonyl (C=O) groups excluding carboxylic acids is 3. The molecule has 40 heavy (non-hydrogen) atoms. The van der Waals surface area contributed by atoms with Gasteiger partial charge in [0.15, 0.2) is 0 Å². The molecule has 204 valence electrons. The minimum absolute atomic E-state index is 0.169. The number of halogens is 1. The summed E-state index contributed by atoms with van der Waals surface area (Å²) in [5.41, 5.74) is 5.37. The first-order valence-electron chi connectivity index (χ1n) is 13.3. The molecule has 0 aliphatic carbocycles. The van der Waals surface area contributed by atoms with Crippen LogP contribution >= 0.6 is 23.4 Å². The minimum Gasteiger partial charge on any atom is -0.356 e. The maximum atomic E-state index is 14.0. The van der Waals surface area contributed by atoms with E-state index in [1.165, 1.54) is 0 Å². The fourth-order valence-electron chi connectivity index (χ4n) is 5.82. The van der Waals surface area contributed by atoms with Crippen molar-refractivity contribution in [3.63, 3.8) is 0 Å². The van der Waals surface area contributed by atoms with Crippen LogP contribution in [0.5, 0.6) is 0 Å². The summed E-state index contributed by atoms with van der Waals surface area (Å²) in [5, 5.41) is 7.63. The van der Waals surface area contributed by atoms with Gasteiger partial charge in [0, 0.05) is 40.1 Å². The highest BCUT2D eigenvalue weighted by Crippen LogP contribution is 2.46. The number of H-pyrrole nitrogens is 1. The SMILES string of the molecule is CSCC[C@H](NC(=O)[C@@H]1Cc2c([nH]c3ccccc23)[C@H]2c3ccccc3C(=O)N21)C(=O)NCc1ccc(Cl)cc1. The third-order valence-corrected chi connectivity index (χ3v) is 8.67. The lowest BCUT2D eigenvalue weighted by molar-refractivity contribution is -0.132. The van der Waals surface area contributed by atoms with E-state index in [0.717, 1.165) is 33.3 Å². The molecule has 4 aromatic rings. The summed E-state index contributed by atoms with van der Waals surface area (Å²) < 4.78 is 0. The van der Waals surface area contributed by atoms with Gasteiger partial charge in [-0.25, -0.2) is 0 Å². The van der Waals surface area contributed by atoms with Crippen LogP contribution in [0.15, 0.2) is 72.8 Å². The molecule has 3 aromatic carbocycles. The average molecular weight is 573 g/mol. The number of aromatic nitrogens is 1. The van der Waals surface area contributed by atoms with Gasteiger partial charge in [-0.05, 0) is 59.4 Å². The molecule has 0 saturated carbocycles. The maximum absolute atomic E-state index is 14.0. The molecule has 0 radical (unpaired) electrons. The Bertz CT molecular complexity index is 1600. The van der Waals surface area contributed by atoms with Crippen LogP contribution in [-0.4, -0.2) is 51.7 Å². The van der Waals surface area contributed by atoms with Gasteiger partial charge < -0.3 is 20.5 Å². The summed E-state index contributed by atoms with van der Waals surface area (Å²) in [6.45, 7) is 0.325. The van der Waals surface area contributed by atoms with E-state index in [0.29, 0.717) is 35.7 Å². The van der Waals surface area contributed by atoms with Gasteiger partial charge in [-0.2, -0.15) is 11.8 Å². The zero-order chi connectivity index (χ0) is 27.8. The van der Waals surface area contributed by atoms with Gasteiger partial charge in [0.1, 0.15) is 12.1 Å². The third-order valence-electron chi connectivity index (χ3n) is 7.78. The normalized spacial score (nSPS) is 18.1. The van der Waals surface area contributed by atoms with Gasteiger partial charge in [-0.1, -0.05) is 60.1 Å². The Morgan fingerprint density at radius 3 is 2.62 bits per heavy atom. The number of hydrogen-bond acceptors (Lipinski definition) is 4. The number of hydrogen-bond donors (Lipinski definition) is 3. The number of nitrogens with zero attached hydrogens (tertiary/aromatic N) is 1. The monoisotopic (exact) mass is 572 g/mol. The largest absolute Gasteiger partial charge is 0.356 e. The van der Waals surface area contributed by atoms with Gasteiger partial charge in [0.05, 0.1) is 6.04 Å². The van der Waals surface area contributed by atoms with Crippen LogP contribution in [0.2, 0.25) is 5.02 Å². The molecule has 7 nitrogen and oxygen atoms in total. The number of amides is 3. The lowest BCUT2D eigenvalue weighted by Crippen LogP contribution is -2.56. The summed E-state index contributed by atoms with van der Waals surface area (Å²) in [7, 11) is 0. The molecule has 0 fully saturated rings. The van der Waals surface area contributed by atoms with Crippen LogP contribution in [-0.2, 0) is 22.6 Å². The molecule has 0 spiro atoms. The van der Waals surface area contributed by atoms with Gasteiger partial charge in [-0.3, -0.25) is 14.4 Å². The number of rotatable bonds is 8. The van der Waals surface area contributed by atoms with E-state index in [4.69, 9.17) is 11.6 Å². The Morgan fingerprint density at radius 1 is 1.07 bits per heavy atom. The van der Waals surface area contributed by atoms with Crippen LogP contribution < -0.4 is 10.6 Å². The average Bonchev–Trinajstić information content (AvgIpc) is 3.49. The molecule has 2 aliphatic rings. The van der Waals surface area contributed by atoms with Crippen LogP contribution in [0, 0.1) is 0 Å². The highest BCUT2D eigenvalue weighted by atomic mass is 35.5. The van der Waals surface area contributed by atoms with Crippen LogP contribution in [0.3, 0.4) is 0 Å². The summed E-state index contributed by atoms with van der Waals surface area (Å²) >= 11 is 7.59. The molecule has 2 aliphatic heterocycles. The lowest BCUT2D eigenvalue weighted by atomic mass is 9.89. The number of nitrogens with one attached hydrogen (secondary N) is 3.